The van der Waals surface area contributed by atoms with Gasteiger partial charge in [-0.3, -0.25) is 4.79 Å². The van der Waals surface area contributed by atoms with Crippen LogP contribution in [0.3, 0.4) is 0 Å². The van der Waals surface area contributed by atoms with E-state index in [1.54, 1.807) is 0 Å². The van der Waals surface area contributed by atoms with Gasteiger partial charge in [-0.1, -0.05) is 19.3 Å². The van der Waals surface area contributed by atoms with E-state index in [1.165, 1.54) is 4.72 Å². The summed E-state index contributed by atoms with van der Waals surface area (Å²) in [5, 5.41) is 8.82. The third-order valence-corrected chi connectivity index (χ3v) is 4.52. The van der Waals surface area contributed by atoms with Crippen LogP contribution >= 0.6 is 0 Å². The summed E-state index contributed by atoms with van der Waals surface area (Å²) < 4.78 is 60.0. The molecule has 112 valence electrons. The van der Waals surface area contributed by atoms with Crippen molar-refractivity contribution in [1.82, 2.24) is 4.72 Å². The molecule has 0 radical (unpaired) electrons. The molecular weight excluding hydrogens is 287 g/mol. The number of hydrogen-bond acceptors (Lipinski definition) is 3. The first-order chi connectivity index (χ1) is 8.58. The van der Waals surface area contributed by atoms with Gasteiger partial charge in [0.15, 0.2) is 0 Å². The molecule has 0 saturated heterocycles. The Labute approximate surface area is 109 Å². The van der Waals surface area contributed by atoms with Crippen molar-refractivity contribution in [3.63, 3.8) is 0 Å². The van der Waals surface area contributed by atoms with Crippen LogP contribution in [0.2, 0.25) is 0 Å². The van der Waals surface area contributed by atoms with Gasteiger partial charge in [0.05, 0.1) is 6.42 Å². The van der Waals surface area contributed by atoms with Crippen LogP contribution in [-0.4, -0.2) is 31.5 Å². The molecule has 1 aliphatic rings. The van der Waals surface area contributed by atoms with Crippen molar-refractivity contribution in [2.45, 2.75) is 44.0 Å². The van der Waals surface area contributed by atoms with Crippen LogP contribution in [0, 0.1) is 5.41 Å². The number of aliphatic carboxylic acids is 1. The Kier molecular flexibility index (Phi) is 4.83. The number of nitrogens with one attached hydrogen (secondary N) is 1. The monoisotopic (exact) mass is 303 g/mol. The summed E-state index contributed by atoms with van der Waals surface area (Å²) in [7, 11) is -5.41. The summed E-state index contributed by atoms with van der Waals surface area (Å²) in [6, 6.07) is 0. The highest BCUT2D eigenvalue weighted by molar-refractivity contribution is 7.90. The maximum Gasteiger partial charge on any atom is 0.511 e. The molecule has 9 heteroatoms. The molecule has 0 aromatic carbocycles. The third kappa shape index (κ3) is 4.34. The lowest BCUT2D eigenvalue weighted by Crippen LogP contribution is -2.44. The van der Waals surface area contributed by atoms with E-state index >= 15 is 0 Å². The van der Waals surface area contributed by atoms with Gasteiger partial charge in [0.2, 0.25) is 0 Å². The molecule has 0 aliphatic heterocycles. The fraction of sp³-hybridized carbons (Fsp3) is 0.900. The van der Waals surface area contributed by atoms with Gasteiger partial charge >= 0.3 is 21.5 Å². The van der Waals surface area contributed by atoms with Crippen LogP contribution in [-0.2, 0) is 14.8 Å². The van der Waals surface area contributed by atoms with E-state index in [4.69, 9.17) is 5.11 Å². The number of carboxylic acid groups (broad SMARTS) is 1. The molecule has 2 N–H and O–H groups in total. The Hall–Kier alpha value is -0.830. The first-order valence-electron chi connectivity index (χ1n) is 5.86. The zero-order chi connectivity index (χ0) is 14.7. The van der Waals surface area contributed by atoms with E-state index in [0.29, 0.717) is 25.7 Å². The standard InChI is InChI=1S/C10H16F3NO4S/c11-10(12,13)19(17,18)14-7-9(6-8(15)16)4-2-1-3-5-9/h14H,1-7H2,(H,15,16). The normalized spacial score (nSPS) is 20.2. The molecule has 5 nitrogen and oxygen atoms in total. The Morgan fingerprint density at radius 3 is 2.16 bits per heavy atom. The van der Waals surface area contributed by atoms with Crippen LogP contribution in [0.15, 0.2) is 0 Å². The highest BCUT2D eigenvalue weighted by Crippen LogP contribution is 2.39. The molecule has 1 aliphatic carbocycles. The fourth-order valence-corrected chi connectivity index (χ4v) is 3.03. The Balaban J connectivity index is 2.77. The topological polar surface area (TPSA) is 83.5 Å². The summed E-state index contributed by atoms with van der Waals surface area (Å²) in [5.41, 5.74) is -6.28. The molecule has 1 saturated carbocycles. The molecule has 0 unspecified atom stereocenters. The van der Waals surface area contributed by atoms with Crippen molar-refractivity contribution in [1.29, 1.82) is 0 Å². The van der Waals surface area contributed by atoms with Gasteiger partial charge < -0.3 is 5.11 Å². The van der Waals surface area contributed by atoms with Gasteiger partial charge in [-0.05, 0) is 18.3 Å². The molecular formula is C10H16F3NO4S. The van der Waals surface area contributed by atoms with Crippen molar-refractivity contribution in [3.05, 3.63) is 0 Å². The smallest absolute Gasteiger partial charge is 0.481 e. The molecule has 0 bridgehead atoms. The number of carbonyl (C=O) groups is 1. The maximum absolute atomic E-state index is 12.2. The summed E-state index contributed by atoms with van der Waals surface area (Å²) in [6.45, 7) is -0.485. The first-order valence-corrected chi connectivity index (χ1v) is 7.34. The number of alkyl halides is 3. The van der Waals surface area contributed by atoms with Crippen molar-refractivity contribution >= 4 is 16.0 Å². The quantitative estimate of drug-likeness (QED) is 0.812. The summed E-state index contributed by atoms with van der Waals surface area (Å²) in [6.07, 6.45) is 2.78. The van der Waals surface area contributed by atoms with E-state index in [-0.39, 0.29) is 6.42 Å². The summed E-state index contributed by atoms with van der Waals surface area (Å²) in [5.74, 6) is -1.13. The largest absolute Gasteiger partial charge is 0.511 e. The van der Waals surface area contributed by atoms with E-state index in [9.17, 15) is 26.4 Å². The highest BCUT2D eigenvalue weighted by atomic mass is 32.2. The molecule has 1 rings (SSSR count). The molecule has 0 spiro atoms. The average Bonchev–Trinajstić information content (AvgIpc) is 2.25. The van der Waals surface area contributed by atoms with Gasteiger partial charge in [0.25, 0.3) is 0 Å². The van der Waals surface area contributed by atoms with Crippen LogP contribution in [0.1, 0.15) is 38.5 Å². The van der Waals surface area contributed by atoms with E-state index in [2.05, 4.69) is 0 Å². The minimum atomic E-state index is -5.41. The summed E-state index contributed by atoms with van der Waals surface area (Å²) >= 11 is 0. The second-order valence-electron chi connectivity index (χ2n) is 4.90. The fourth-order valence-electron chi connectivity index (χ4n) is 2.37. The van der Waals surface area contributed by atoms with Crippen molar-refractivity contribution in [2.75, 3.05) is 6.54 Å². The maximum atomic E-state index is 12.2. The summed E-state index contributed by atoms with van der Waals surface area (Å²) in [4.78, 5) is 10.8. The third-order valence-electron chi connectivity index (χ3n) is 3.38. The van der Waals surface area contributed by atoms with Gasteiger partial charge in [-0.25, -0.2) is 13.1 Å². The number of hydrogen-bond donors (Lipinski definition) is 2. The highest BCUT2D eigenvalue weighted by Gasteiger charge is 2.47. The minimum Gasteiger partial charge on any atom is -0.481 e. The molecule has 0 heterocycles. The lowest BCUT2D eigenvalue weighted by molar-refractivity contribution is -0.140. The van der Waals surface area contributed by atoms with Gasteiger partial charge in [0, 0.05) is 6.54 Å². The van der Waals surface area contributed by atoms with Crippen molar-refractivity contribution < 1.29 is 31.5 Å². The van der Waals surface area contributed by atoms with Gasteiger partial charge in [-0.15, -0.1) is 0 Å². The second-order valence-corrected chi connectivity index (χ2v) is 6.66. The van der Waals surface area contributed by atoms with Crippen LogP contribution in [0.5, 0.6) is 0 Å². The molecule has 0 aromatic heterocycles. The first kappa shape index (κ1) is 16.2. The van der Waals surface area contributed by atoms with Gasteiger partial charge in [0.1, 0.15) is 0 Å². The molecule has 0 aromatic rings. The molecule has 1 fully saturated rings. The van der Waals surface area contributed by atoms with Gasteiger partial charge in [-0.2, -0.15) is 13.2 Å². The Bertz CT molecular complexity index is 427. The molecule has 0 amide bonds. The zero-order valence-electron chi connectivity index (χ0n) is 10.2. The van der Waals surface area contributed by atoms with Crippen molar-refractivity contribution in [3.8, 4) is 0 Å². The second kappa shape index (κ2) is 5.66. The van der Waals surface area contributed by atoms with Crippen LogP contribution in [0.25, 0.3) is 0 Å². The number of carboxylic acids is 1. The van der Waals surface area contributed by atoms with E-state index in [1.807, 2.05) is 0 Å². The SMILES string of the molecule is O=C(O)CC1(CNS(=O)(=O)C(F)(F)F)CCCCC1. The lowest BCUT2D eigenvalue weighted by Gasteiger charge is -2.36. The Morgan fingerprint density at radius 2 is 1.74 bits per heavy atom. The predicted octanol–water partition coefficient (Wildman–Crippen LogP) is 1.85. The van der Waals surface area contributed by atoms with Crippen molar-refractivity contribution in [2.24, 2.45) is 5.41 Å². The average molecular weight is 303 g/mol. The zero-order valence-corrected chi connectivity index (χ0v) is 11.0. The van der Waals surface area contributed by atoms with E-state index < -0.39 is 33.5 Å². The van der Waals surface area contributed by atoms with E-state index in [0.717, 1.165) is 6.42 Å². The van der Waals surface area contributed by atoms with Crippen LogP contribution < -0.4 is 4.72 Å². The number of sulfonamides is 1. The minimum absolute atomic E-state index is 0.326. The number of rotatable bonds is 5. The molecule has 19 heavy (non-hydrogen) atoms. The molecule has 0 atom stereocenters. The predicted molar refractivity (Wildman–Crippen MR) is 60.7 cm³/mol. The lowest BCUT2D eigenvalue weighted by atomic mass is 9.72. The van der Waals surface area contributed by atoms with Crippen LogP contribution in [0.4, 0.5) is 13.2 Å². The Morgan fingerprint density at radius 1 is 1.21 bits per heavy atom. The number of halogens is 3.